The molecule has 148 heavy (non-hydrogen) atoms. The van der Waals surface area contributed by atoms with Crippen LogP contribution >= 0.6 is 0 Å². The Balaban J connectivity index is 0.745. The molecule has 0 saturated carbocycles. The Morgan fingerprint density at radius 1 is 0.162 bits per heavy atom. The Bertz CT molecular complexity index is 6520. The van der Waals surface area contributed by atoms with E-state index in [4.69, 9.17) is 9.97 Å². The summed E-state index contributed by atoms with van der Waals surface area (Å²) in [5, 5.41) is 0. The monoisotopic (exact) mass is 1940 g/mol. The Labute approximate surface area is 885 Å². The maximum Gasteiger partial charge on any atom is 0.0737 e. The standard InChI is InChI=1S/C144H158N4/c1-9-17-25-41-89-141(90-42-26-18-10-2)121-53-37-33-49-113(121)117-77-73-109(97-125(117)141)101-57-65-105(66-58-101)137-129-81-83-131(145-129)138(106-67-59-102(60-68-106)110-74-78-118-114-50-34-38-54-122(114)142(126(118)98-110,91-43-27-19-11-3)92-44-28-20-12-4)133-85-87-135(147-133)140(108-71-63-104(64-72-108)112-76-80-120-116-52-36-40-56-124(116)144(128(120)100-112,95-47-31-23-15-7)96-48-32-24-16-8)136-88-86-134(148-136)139(132-84-82-130(137)146-132)107-69-61-103(62-70-107)111-75-79-119-115-51-35-39-55-123(115)143(127(119)99-111,93-45-29-21-13-5)94-46-30-22-14-6/h33-40,49-88,97-100,145,148H,9-32,41-48,89-96H2,1-8H3. The molecule has 3 aromatic heterocycles. The van der Waals surface area contributed by atoms with Gasteiger partial charge in [0.1, 0.15) is 0 Å². The second-order valence-corrected chi connectivity index (χ2v) is 44.8. The first-order valence-corrected chi connectivity index (χ1v) is 58.6. The van der Waals surface area contributed by atoms with Crippen LogP contribution in [-0.4, -0.2) is 19.9 Å². The van der Waals surface area contributed by atoms with Crippen molar-refractivity contribution in [3.05, 3.63) is 358 Å². The normalized spacial score (nSPS) is 14.1. The summed E-state index contributed by atoms with van der Waals surface area (Å²) in [6.45, 7) is 18.8. The van der Waals surface area contributed by atoms with Crippen LogP contribution in [0.2, 0.25) is 0 Å². The second kappa shape index (κ2) is 46.2. The van der Waals surface area contributed by atoms with Crippen LogP contribution in [0, 0.1) is 0 Å². The second-order valence-electron chi connectivity index (χ2n) is 44.8. The molecule has 2 N–H and O–H groups in total. The van der Waals surface area contributed by atoms with Crippen LogP contribution in [0.3, 0.4) is 0 Å². The van der Waals surface area contributed by atoms with E-state index in [0.717, 1.165) is 89.4 Å². The molecule has 21 rings (SSSR count). The fourth-order valence-electron chi connectivity index (χ4n) is 27.8. The number of rotatable bonds is 48. The first-order chi connectivity index (χ1) is 73.0. The van der Waals surface area contributed by atoms with Gasteiger partial charge in [-0.2, -0.15) is 0 Å². The molecule has 5 heterocycles. The van der Waals surface area contributed by atoms with E-state index in [1.165, 1.54) is 390 Å². The number of hydrogen-bond donors (Lipinski definition) is 2. The first-order valence-electron chi connectivity index (χ1n) is 58.6. The predicted molar refractivity (Wildman–Crippen MR) is 637 cm³/mol. The lowest BCUT2D eigenvalue weighted by molar-refractivity contribution is 0.401. The van der Waals surface area contributed by atoms with Gasteiger partial charge in [0, 0.05) is 66.0 Å². The third-order valence-electron chi connectivity index (χ3n) is 35.5. The highest BCUT2D eigenvalue weighted by Crippen LogP contribution is 2.61. The largest absolute Gasteiger partial charge is 0.354 e. The molecule has 4 nitrogen and oxygen atoms in total. The van der Waals surface area contributed by atoms with Crippen LogP contribution in [-0.2, 0) is 21.7 Å². The molecule has 15 aromatic rings. The van der Waals surface area contributed by atoms with Gasteiger partial charge in [-0.05, 0) is 280 Å². The van der Waals surface area contributed by atoms with Crippen LogP contribution in [0.5, 0.6) is 0 Å². The van der Waals surface area contributed by atoms with E-state index in [2.05, 4.69) is 381 Å². The van der Waals surface area contributed by atoms with Crippen molar-refractivity contribution >= 4 is 46.4 Å². The molecule has 6 aliphatic rings. The summed E-state index contributed by atoms with van der Waals surface area (Å²) in [5.74, 6) is 0. The first kappa shape index (κ1) is 101. The number of aromatic amines is 2. The summed E-state index contributed by atoms with van der Waals surface area (Å²) >= 11 is 0. The highest BCUT2D eigenvalue weighted by Gasteiger charge is 2.47. The van der Waals surface area contributed by atoms with Gasteiger partial charge in [-0.15, -0.1) is 0 Å². The highest BCUT2D eigenvalue weighted by atomic mass is 14.8. The molecule has 0 spiro atoms. The molecule has 0 fully saturated rings. The van der Waals surface area contributed by atoms with Gasteiger partial charge in [0.05, 0.1) is 22.8 Å². The van der Waals surface area contributed by atoms with E-state index in [0.29, 0.717) is 0 Å². The lowest BCUT2D eigenvalue weighted by Gasteiger charge is -2.33. The summed E-state index contributed by atoms with van der Waals surface area (Å²) < 4.78 is 0. The fraction of sp³-hybridized carbons (Fsp3) is 0.361. The van der Waals surface area contributed by atoms with Crippen molar-refractivity contribution in [1.82, 2.24) is 19.9 Å². The molecule has 0 radical (unpaired) electrons. The molecule has 0 atom stereocenters. The van der Waals surface area contributed by atoms with Gasteiger partial charge in [0.25, 0.3) is 0 Å². The van der Waals surface area contributed by atoms with Crippen molar-refractivity contribution < 1.29 is 0 Å². The summed E-state index contributed by atoms with van der Waals surface area (Å²) in [6, 6.07) is 115. The third-order valence-corrected chi connectivity index (χ3v) is 35.5. The lowest BCUT2D eigenvalue weighted by Crippen LogP contribution is -2.25. The smallest absolute Gasteiger partial charge is 0.0737 e. The van der Waals surface area contributed by atoms with Gasteiger partial charge in [0.2, 0.25) is 0 Å². The van der Waals surface area contributed by atoms with Crippen molar-refractivity contribution in [2.45, 2.75) is 334 Å². The van der Waals surface area contributed by atoms with E-state index in [1.54, 1.807) is 0 Å². The van der Waals surface area contributed by atoms with Crippen LogP contribution in [0.25, 0.3) is 180 Å². The number of H-pyrrole nitrogens is 2. The van der Waals surface area contributed by atoms with Crippen molar-refractivity contribution in [3.8, 4) is 134 Å². The average molecular weight is 1940 g/mol. The van der Waals surface area contributed by atoms with Gasteiger partial charge in [-0.25, -0.2) is 9.97 Å². The molecule has 0 amide bonds. The summed E-state index contributed by atoms with van der Waals surface area (Å²) in [6.07, 6.45) is 58.7. The Morgan fingerprint density at radius 2 is 0.331 bits per heavy atom. The molecular formula is C144H158N4. The number of aromatic nitrogens is 4. The Hall–Kier alpha value is -12.8. The van der Waals surface area contributed by atoms with Crippen LogP contribution in [0.4, 0.5) is 0 Å². The molecule has 8 bridgehead atoms. The zero-order valence-electron chi connectivity index (χ0n) is 90.2. The molecule has 12 aromatic carbocycles. The van der Waals surface area contributed by atoms with Crippen molar-refractivity contribution in [2.75, 3.05) is 0 Å². The number of fused-ring (bicyclic) bond motifs is 20. The molecule has 2 aliphatic heterocycles. The molecule has 0 unspecified atom stereocenters. The maximum absolute atomic E-state index is 6.05. The van der Waals surface area contributed by atoms with Gasteiger partial charge >= 0.3 is 0 Å². The number of nitrogens with one attached hydrogen (secondary N) is 2. The lowest BCUT2D eigenvalue weighted by atomic mass is 9.70. The number of unbranched alkanes of at least 4 members (excludes halogenated alkanes) is 24. The average Bonchev–Trinajstić information content (AvgIpc) is 1.58. The minimum Gasteiger partial charge on any atom is -0.354 e. The summed E-state index contributed by atoms with van der Waals surface area (Å²) in [7, 11) is 0. The van der Waals surface area contributed by atoms with Crippen LogP contribution < -0.4 is 0 Å². The highest BCUT2D eigenvalue weighted by molar-refractivity contribution is 6.02. The number of benzene rings is 12. The molecular weight excluding hydrogens is 1790 g/mol. The molecule has 4 aliphatic carbocycles. The van der Waals surface area contributed by atoms with Gasteiger partial charge in [-0.3, -0.25) is 0 Å². The van der Waals surface area contributed by atoms with E-state index < -0.39 is 0 Å². The third kappa shape index (κ3) is 19.8. The van der Waals surface area contributed by atoms with Gasteiger partial charge in [-0.1, -0.05) is 504 Å². The van der Waals surface area contributed by atoms with E-state index >= 15 is 0 Å². The minimum absolute atomic E-state index is 0.0271. The zero-order chi connectivity index (χ0) is 101. The summed E-state index contributed by atoms with van der Waals surface area (Å²) in [5.41, 5.74) is 49.4. The molecule has 4 heteroatoms. The fourth-order valence-corrected chi connectivity index (χ4v) is 27.8. The Morgan fingerprint density at radius 3 is 0.520 bits per heavy atom. The van der Waals surface area contributed by atoms with Crippen molar-refractivity contribution in [3.63, 3.8) is 0 Å². The maximum atomic E-state index is 6.05. The SMILES string of the molecule is CCCCCCC1(CCCCCC)c2ccccc2-c2ccc(-c3ccc(-c4c5nc(c(-c6ccc(-c7ccc8c(c7)C(CCCCCC)(CCCCCC)c7ccccc7-8)cc6)c6ccc([nH]6)c(-c6ccc(-c7ccc8c(c7)C(CCCCCC)(CCCCCC)c7ccccc7-8)cc6)c6nc(c(-c7ccc(-c8ccc9c(c8)C(CCCCCC)(CCCCCC)c8ccccc8-9)cc7)c7ccc4[nH]7)C=C6)C=C5)cc3)cc21. The van der Waals surface area contributed by atoms with Gasteiger partial charge in [0.15, 0.2) is 0 Å². The van der Waals surface area contributed by atoms with Crippen molar-refractivity contribution in [2.24, 2.45) is 0 Å². The minimum atomic E-state index is -0.0271. The quantitative estimate of drug-likeness (QED) is 0.0374. The predicted octanol–water partition coefficient (Wildman–Crippen LogP) is 42.8. The summed E-state index contributed by atoms with van der Waals surface area (Å²) in [4.78, 5) is 20.6. The molecule has 754 valence electrons. The van der Waals surface area contributed by atoms with E-state index in [-0.39, 0.29) is 21.7 Å². The number of nitrogens with zero attached hydrogens (tertiary/aromatic N) is 2. The number of hydrogen-bond acceptors (Lipinski definition) is 2. The van der Waals surface area contributed by atoms with E-state index in [9.17, 15) is 0 Å². The topological polar surface area (TPSA) is 57.4 Å². The zero-order valence-corrected chi connectivity index (χ0v) is 90.2. The Kier molecular flexibility index (Phi) is 31.5. The molecule has 0 saturated heterocycles. The van der Waals surface area contributed by atoms with Crippen molar-refractivity contribution in [1.29, 1.82) is 0 Å². The van der Waals surface area contributed by atoms with Crippen LogP contribution in [0.15, 0.2) is 291 Å². The van der Waals surface area contributed by atoms with Crippen LogP contribution in [0.1, 0.15) is 380 Å². The van der Waals surface area contributed by atoms with Gasteiger partial charge < -0.3 is 9.97 Å². The van der Waals surface area contributed by atoms with E-state index in [1.807, 2.05) is 0 Å².